The first kappa shape index (κ1) is 11.6. The summed E-state index contributed by atoms with van der Waals surface area (Å²) in [5.74, 6) is 0.200. The number of carbonyl (C=O) groups excluding carboxylic acids is 1. The van der Waals surface area contributed by atoms with Crippen LogP contribution in [-0.2, 0) is 4.79 Å². The second kappa shape index (κ2) is 5.00. The van der Waals surface area contributed by atoms with Crippen LogP contribution in [-0.4, -0.2) is 22.7 Å². The fourth-order valence-electron chi connectivity index (χ4n) is 2.43. The highest BCUT2D eigenvalue weighted by atomic mass is 79.9. The van der Waals surface area contributed by atoms with Gasteiger partial charge in [0.1, 0.15) is 0 Å². The molecule has 2 rings (SSSR count). The standard InChI is InChI=1S/C13H16BrNO/c1-10-5-2-3-6-11(10)12-7-4-8-15(12)13(16)9-14/h2-3,5-6,12H,4,7-9H2,1H3. The first-order valence-electron chi connectivity index (χ1n) is 5.65. The summed E-state index contributed by atoms with van der Waals surface area (Å²) in [4.78, 5) is 13.8. The maximum atomic E-state index is 11.8. The molecule has 3 heteroatoms. The van der Waals surface area contributed by atoms with Gasteiger partial charge in [0.2, 0.25) is 5.91 Å². The predicted octanol–water partition coefficient (Wildman–Crippen LogP) is 3.05. The molecule has 0 radical (unpaired) electrons. The van der Waals surface area contributed by atoms with E-state index >= 15 is 0 Å². The van der Waals surface area contributed by atoms with Crippen molar-refractivity contribution in [2.45, 2.75) is 25.8 Å². The Morgan fingerprint density at radius 2 is 2.25 bits per heavy atom. The summed E-state index contributed by atoms with van der Waals surface area (Å²) >= 11 is 3.25. The number of benzene rings is 1. The van der Waals surface area contributed by atoms with Crippen LogP contribution in [0, 0.1) is 6.92 Å². The predicted molar refractivity (Wildman–Crippen MR) is 68.7 cm³/mol. The molecule has 2 nitrogen and oxygen atoms in total. The number of alkyl halides is 1. The molecule has 1 aliphatic heterocycles. The highest BCUT2D eigenvalue weighted by Crippen LogP contribution is 2.33. The van der Waals surface area contributed by atoms with Gasteiger partial charge in [-0.15, -0.1) is 0 Å². The fourth-order valence-corrected chi connectivity index (χ4v) is 2.75. The Kier molecular flexibility index (Phi) is 3.64. The van der Waals surface area contributed by atoms with Crippen LogP contribution in [0.25, 0.3) is 0 Å². The lowest BCUT2D eigenvalue weighted by Crippen LogP contribution is -2.31. The molecule has 0 N–H and O–H groups in total. The van der Waals surface area contributed by atoms with E-state index in [1.165, 1.54) is 11.1 Å². The van der Waals surface area contributed by atoms with Crippen molar-refractivity contribution in [3.63, 3.8) is 0 Å². The molecule has 1 aromatic rings. The molecule has 1 fully saturated rings. The molecule has 1 unspecified atom stereocenters. The van der Waals surface area contributed by atoms with Gasteiger partial charge in [-0.05, 0) is 30.9 Å². The number of aryl methyl sites for hydroxylation is 1. The van der Waals surface area contributed by atoms with Gasteiger partial charge in [0.25, 0.3) is 0 Å². The first-order chi connectivity index (χ1) is 7.74. The van der Waals surface area contributed by atoms with Gasteiger partial charge in [0, 0.05) is 6.54 Å². The van der Waals surface area contributed by atoms with Crippen LogP contribution in [0.2, 0.25) is 0 Å². The zero-order chi connectivity index (χ0) is 11.5. The summed E-state index contributed by atoms with van der Waals surface area (Å²) in [7, 11) is 0. The second-order valence-electron chi connectivity index (χ2n) is 4.24. The Labute approximate surface area is 105 Å². The number of amides is 1. The lowest BCUT2D eigenvalue weighted by Gasteiger charge is -2.25. The summed E-state index contributed by atoms with van der Waals surface area (Å²) < 4.78 is 0. The number of hydrogen-bond donors (Lipinski definition) is 0. The van der Waals surface area contributed by atoms with Gasteiger partial charge in [-0.1, -0.05) is 40.2 Å². The van der Waals surface area contributed by atoms with E-state index in [0.717, 1.165) is 19.4 Å². The van der Waals surface area contributed by atoms with E-state index < -0.39 is 0 Å². The van der Waals surface area contributed by atoms with E-state index in [1.807, 2.05) is 11.0 Å². The lowest BCUT2D eigenvalue weighted by atomic mass is 9.99. The third-order valence-electron chi connectivity index (χ3n) is 3.23. The highest BCUT2D eigenvalue weighted by Gasteiger charge is 2.29. The lowest BCUT2D eigenvalue weighted by molar-refractivity contribution is -0.129. The highest BCUT2D eigenvalue weighted by molar-refractivity contribution is 9.09. The van der Waals surface area contributed by atoms with Crippen LogP contribution in [0.4, 0.5) is 0 Å². The molecular weight excluding hydrogens is 266 g/mol. The Hall–Kier alpha value is -0.830. The van der Waals surface area contributed by atoms with E-state index in [1.54, 1.807) is 0 Å². The maximum absolute atomic E-state index is 11.8. The van der Waals surface area contributed by atoms with Crippen LogP contribution < -0.4 is 0 Å². The second-order valence-corrected chi connectivity index (χ2v) is 4.80. The van der Waals surface area contributed by atoms with E-state index in [4.69, 9.17) is 0 Å². The number of nitrogens with zero attached hydrogens (tertiary/aromatic N) is 1. The number of hydrogen-bond acceptors (Lipinski definition) is 1. The summed E-state index contributed by atoms with van der Waals surface area (Å²) in [6, 6.07) is 8.64. The van der Waals surface area contributed by atoms with E-state index in [0.29, 0.717) is 5.33 Å². The molecule has 1 saturated heterocycles. The summed E-state index contributed by atoms with van der Waals surface area (Å²) in [6.07, 6.45) is 2.20. The zero-order valence-corrected chi connectivity index (χ0v) is 11.0. The molecule has 1 heterocycles. The van der Waals surface area contributed by atoms with Crippen LogP contribution in [0.15, 0.2) is 24.3 Å². The summed E-state index contributed by atoms with van der Waals surface area (Å²) in [5, 5.41) is 0.426. The average Bonchev–Trinajstić information content (AvgIpc) is 2.77. The summed E-state index contributed by atoms with van der Waals surface area (Å²) in [6.45, 7) is 3.01. The molecule has 1 aromatic carbocycles. The number of halogens is 1. The van der Waals surface area contributed by atoms with Crippen molar-refractivity contribution in [1.82, 2.24) is 4.90 Å². The molecule has 86 valence electrons. The quantitative estimate of drug-likeness (QED) is 0.763. The van der Waals surface area contributed by atoms with Gasteiger partial charge in [0.15, 0.2) is 0 Å². The van der Waals surface area contributed by atoms with Crippen LogP contribution >= 0.6 is 15.9 Å². The molecule has 1 aliphatic rings. The van der Waals surface area contributed by atoms with Gasteiger partial charge in [0.05, 0.1) is 11.4 Å². The molecular formula is C13H16BrNO. The van der Waals surface area contributed by atoms with Crippen molar-refractivity contribution in [3.8, 4) is 0 Å². The normalized spacial score (nSPS) is 20.1. The minimum Gasteiger partial charge on any atom is -0.335 e. The molecule has 0 bridgehead atoms. The van der Waals surface area contributed by atoms with Gasteiger partial charge < -0.3 is 4.90 Å². The smallest absolute Gasteiger partial charge is 0.233 e. The van der Waals surface area contributed by atoms with E-state index in [2.05, 4.69) is 41.1 Å². The van der Waals surface area contributed by atoms with Crippen LogP contribution in [0.3, 0.4) is 0 Å². The van der Waals surface area contributed by atoms with Crippen molar-refractivity contribution >= 4 is 21.8 Å². The van der Waals surface area contributed by atoms with E-state index in [-0.39, 0.29) is 11.9 Å². The maximum Gasteiger partial charge on any atom is 0.233 e. The Morgan fingerprint density at radius 3 is 2.94 bits per heavy atom. The van der Waals surface area contributed by atoms with Crippen LogP contribution in [0.1, 0.15) is 30.0 Å². The SMILES string of the molecule is Cc1ccccc1C1CCCN1C(=O)CBr. The van der Waals surface area contributed by atoms with Crippen molar-refractivity contribution in [2.75, 3.05) is 11.9 Å². The Bertz CT molecular complexity index is 391. The van der Waals surface area contributed by atoms with E-state index in [9.17, 15) is 4.79 Å². The first-order valence-corrected chi connectivity index (χ1v) is 6.77. The molecule has 0 aliphatic carbocycles. The number of rotatable bonds is 2. The molecule has 0 aromatic heterocycles. The zero-order valence-electron chi connectivity index (χ0n) is 9.45. The minimum atomic E-state index is 0.200. The molecule has 16 heavy (non-hydrogen) atoms. The minimum absolute atomic E-state index is 0.200. The van der Waals surface area contributed by atoms with Crippen molar-refractivity contribution < 1.29 is 4.79 Å². The van der Waals surface area contributed by atoms with Gasteiger partial charge in [-0.25, -0.2) is 0 Å². The van der Waals surface area contributed by atoms with Crippen molar-refractivity contribution in [2.24, 2.45) is 0 Å². The monoisotopic (exact) mass is 281 g/mol. The largest absolute Gasteiger partial charge is 0.335 e. The summed E-state index contributed by atoms with van der Waals surface area (Å²) in [5.41, 5.74) is 2.58. The molecule has 1 amide bonds. The topological polar surface area (TPSA) is 20.3 Å². The van der Waals surface area contributed by atoms with Crippen LogP contribution in [0.5, 0.6) is 0 Å². The third-order valence-corrected chi connectivity index (χ3v) is 3.71. The Balaban J connectivity index is 2.27. The molecule has 0 spiro atoms. The van der Waals surface area contributed by atoms with Gasteiger partial charge in [-0.2, -0.15) is 0 Å². The Morgan fingerprint density at radius 1 is 1.50 bits per heavy atom. The van der Waals surface area contributed by atoms with Gasteiger partial charge >= 0.3 is 0 Å². The average molecular weight is 282 g/mol. The van der Waals surface area contributed by atoms with Gasteiger partial charge in [-0.3, -0.25) is 4.79 Å². The number of likely N-dealkylation sites (tertiary alicyclic amines) is 1. The fraction of sp³-hybridized carbons (Fsp3) is 0.462. The third kappa shape index (κ3) is 2.14. The van der Waals surface area contributed by atoms with Crippen molar-refractivity contribution in [3.05, 3.63) is 35.4 Å². The van der Waals surface area contributed by atoms with Crippen molar-refractivity contribution in [1.29, 1.82) is 0 Å². The number of carbonyl (C=O) groups is 1. The molecule has 0 saturated carbocycles. The molecule has 1 atom stereocenters.